The normalized spacial score (nSPS) is 10.2. The van der Waals surface area contributed by atoms with E-state index in [-0.39, 0.29) is 5.56 Å². The van der Waals surface area contributed by atoms with Crippen LogP contribution < -0.4 is 10.9 Å². The molecule has 0 bridgehead atoms. The number of anilines is 1. The van der Waals surface area contributed by atoms with E-state index in [0.717, 1.165) is 18.1 Å². The van der Waals surface area contributed by atoms with Crippen LogP contribution in [-0.4, -0.2) is 16.1 Å². The minimum absolute atomic E-state index is 0.00755. The number of hydrogen-bond donors (Lipinski definition) is 1. The first-order valence-electron chi connectivity index (χ1n) is 4.36. The van der Waals surface area contributed by atoms with Crippen LogP contribution >= 0.6 is 0 Å². The molecule has 0 aromatic carbocycles. The molecule has 0 fully saturated rings. The molecular formula is C9H15N3O. The molecule has 0 amide bonds. The number of hydrogen-bond acceptors (Lipinski definition) is 3. The standard InChI is InChI=1S/C9H15N3O/c1-5-10-8-6(2)11-7(3)12(4)9(8)13/h10H,5H2,1-4H3. The Morgan fingerprint density at radius 2 is 2.08 bits per heavy atom. The van der Waals surface area contributed by atoms with Gasteiger partial charge in [-0.3, -0.25) is 9.36 Å². The summed E-state index contributed by atoms with van der Waals surface area (Å²) in [5.74, 6) is 0.740. The second-order valence-electron chi connectivity index (χ2n) is 3.01. The van der Waals surface area contributed by atoms with Crippen LogP contribution in [0.1, 0.15) is 18.4 Å². The zero-order valence-corrected chi connectivity index (χ0v) is 8.51. The van der Waals surface area contributed by atoms with E-state index in [2.05, 4.69) is 10.3 Å². The number of aryl methyl sites for hydroxylation is 2. The first-order chi connectivity index (χ1) is 6.07. The lowest BCUT2D eigenvalue weighted by Gasteiger charge is -2.09. The maximum absolute atomic E-state index is 11.7. The highest BCUT2D eigenvalue weighted by Gasteiger charge is 2.07. The Morgan fingerprint density at radius 3 is 2.62 bits per heavy atom. The predicted octanol–water partition coefficient (Wildman–Crippen LogP) is 0.829. The molecule has 0 aliphatic rings. The van der Waals surface area contributed by atoms with Crippen molar-refractivity contribution in [2.75, 3.05) is 11.9 Å². The van der Waals surface area contributed by atoms with Gasteiger partial charge in [-0.25, -0.2) is 4.98 Å². The van der Waals surface area contributed by atoms with E-state index in [1.165, 1.54) is 0 Å². The van der Waals surface area contributed by atoms with Gasteiger partial charge in [-0.2, -0.15) is 0 Å². The molecule has 1 rings (SSSR count). The molecule has 0 spiro atoms. The molecule has 1 aromatic heterocycles. The van der Waals surface area contributed by atoms with Gasteiger partial charge in [0.15, 0.2) is 0 Å². The quantitative estimate of drug-likeness (QED) is 0.735. The molecule has 4 nitrogen and oxygen atoms in total. The zero-order chi connectivity index (χ0) is 10.0. The molecule has 1 heterocycles. The SMILES string of the molecule is CCNc1c(C)nc(C)n(C)c1=O. The molecule has 0 saturated carbocycles. The third-order valence-electron chi connectivity index (χ3n) is 2.05. The summed E-state index contributed by atoms with van der Waals surface area (Å²) < 4.78 is 1.55. The number of aromatic nitrogens is 2. The van der Waals surface area contributed by atoms with Crippen LogP contribution in [0.25, 0.3) is 0 Å². The molecule has 0 radical (unpaired) electrons. The van der Waals surface area contributed by atoms with Crippen LogP contribution in [0.15, 0.2) is 4.79 Å². The van der Waals surface area contributed by atoms with Crippen LogP contribution in [0, 0.1) is 13.8 Å². The average molecular weight is 181 g/mol. The van der Waals surface area contributed by atoms with Gasteiger partial charge in [0.2, 0.25) is 0 Å². The monoisotopic (exact) mass is 181 g/mol. The molecule has 4 heteroatoms. The fourth-order valence-corrected chi connectivity index (χ4v) is 1.22. The van der Waals surface area contributed by atoms with Gasteiger partial charge in [-0.05, 0) is 20.8 Å². The van der Waals surface area contributed by atoms with Crippen LogP contribution in [0.3, 0.4) is 0 Å². The average Bonchev–Trinajstić information content (AvgIpc) is 2.09. The minimum Gasteiger partial charge on any atom is -0.379 e. The fraction of sp³-hybridized carbons (Fsp3) is 0.556. The molecule has 0 aliphatic heterocycles. The van der Waals surface area contributed by atoms with Crippen LogP contribution in [0.2, 0.25) is 0 Å². The van der Waals surface area contributed by atoms with Gasteiger partial charge in [0.05, 0.1) is 5.69 Å². The largest absolute Gasteiger partial charge is 0.379 e. The maximum Gasteiger partial charge on any atom is 0.276 e. The Bertz CT molecular complexity index is 368. The Labute approximate surface area is 77.6 Å². The number of nitrogens with zero attached hydrogens (tertiary/aromatic N) is 2. The fourth-order valence-electron chi connectivity index (χ4n) is 1.22. The van der Waals surface area contributed by atoms with E-state index >= 15 is 0 Å². The lowest BCUT2D eigenvalue weighted by Crippen LogP contribution is -2.25. The summed E-state index contributed by atoms with van der Waals surface area (Å²) in [4.78, 5) is 15.9. The molecule has 13 heavy (non-hydrogen) atoms. The van der Waals surface area contributed by atoms with E-state index < -0.39 is 0 Å². The van der Waals surface area contributed by atoms with Crippen molar-refractivity contribution in [1.82, 2.24) is 9.55 Å². The minimum atomic E-state index is -0.00755. The van der Waals surface area contributed by atoms with Crippen LogP contribution in [-0.2, 0) is 7.05 Å². The summed E-state index contributed by atoms with van der Waals surface area (Å²) in [6.45, 7) is 6.36. The van der Waals surface area contributed by atoms with Crippen LogP contribution in [0.5, 0.6) is 0 Å². The maximum atomic E-state index is 11.7. The lowest BCUT2D eigenvalue weighted by molar-refractivity contribution is 0.766. The summed E-state index contributed by atoms with van der Waals surface area (Å²) in [6.07, 6.45) is 0. The molecular weight excluding hydrogens is 166 g/mol. The van der Waals surface area contributed by atoms with Crippen molar-refractivity contribution in [3.05, 3.63) is 21.9 Å². The molecule has 1 aromatic rings. The second-order valence-corrected chi connectivity index (χ2v) is 3.01. The highest BCUT2D eigenvalue weighted by Crippen LogP contribution is 2.05. The van der Waals surface area contributed by atoms with Crippen molar-refractivity contribution in [2.24, 2.45) is 7.05 Å². The summed E-state index contributed by atoms with van der Waals surface area (Å²) in [7, 11) is 1.73. The van der Waals surface area contributed by atoms with E-state index in [0.29, 0.717) is 5.69 Å². The third kappa shape index (κ3) is 1.71. The molecule has 0 atom stereocenters. The summed E-state index contributed by atoms with van der Waals surface area (Å²) in [5.41, 5.74) is 1.37. The third-order valence-corrected chi connectivity index (χ3v) is 2.05. The Kier molecular flexibility index (Phi) is 2.70. The van der Waals surface area contributed by atoms with Gasteiger partial charge < -0.3 is 5.32 Å². The Hall–Kier alpha value is -1.32. The highest BCUT2D eigenvalue weighted by molar-refractivity contribution is 5.45. The first-order valence-corrected chi connectivity index (χ1v) is 4.36. The van der Waals surface area contributed by atoms with Gasteiger partial charge >= 0.3 is 0 Å². The van der Waals surface area contributed by atoms with Crippen molar-refractivity contribution in [3.8, 4) is 0 Å². The van der Waals surface area contributed by atoms with Crippen molar-refractivity contribution < 1.29 is 0 Å². The van der Waals surface area contributed by atoms with Crippen molar-refractivity contribution in [3.63, 3.8) is 0 Å². The van der Waals surface area contributed by atoms with Gasteiger partial charge in [-0.1, -0.05) is 0 Å². The van der Waals surface area contributed by atoms with Gasteiger partial charge in [0, 0.05) is 13.6 Å². The van der Waals surface area contributed by atoms with Gasteiger partial charge in [-0.15, -0.1) is 0 Å². The summed E-state index contributed by atoms with van der Waals surface area (Å²) in [6, 6.07) is 0. The lowest BCUT2D eigenvalue weighted by atomic mass is 10.3. The summed E-state index contributed by atoms with van der Waals surface area (Å²) in [5, 5.41) is 3.02. The molecule has 0 unspecified atom stereocenters. The van der Waals surface area contributed by atoms with Crippen LogP contribution in [0.4, 0.5) is 5.69 Å². The molecule has 0 aliphatic carbocycles. The number of nitrogens with one attached hydrogen (secondary N) is 1. The molecule has 72 valence electrons. The first kappa shape index (κ1) is 9.77. The Morgan fingerprint density at radius 1 is 1.46 bits per heavy atom. The molecule has 1 N–H and O–H groups in total. The summed E-state index contributed by atoms with van der Waals surface area (Å²) >= 11 is 0. The van der Waals surface area contributed by atoms with E-state index in [1.54, 1.807) is 11.6 Å². The van der Waals surface area contributed by atoms with Crippen molar-refractivity contribution in [2.45, 2.75) is 20.8 Å². The number of rotatable bonds is 2. The van der Waals surface area contributed by atoms with Crippen molar-refractivity contribution in [1.29, 1.82) is 0 Å². The van der Waals surface area contributed by atoms with E-state index in [4.69, 9.17) is 0 Å². The van der Waals surface area contributed by atoms with Gasteiger partial charge in [0.1, 0.15) is 11.5 Å². The van der Waals surface area contributed by atoms with E-state index in [9.17, 15) is 4.79 Å². The second kappa shape index (κ2) is 3.60. The van der Waals surface area contributed by atoms with Crippen molar-refractivity contribution >= 4 is 5.69 Å². The Balaban J connectivity index is 3.35. The topological polar surface area (TPSA) is 46.9 Å². The van der Waals surface area contributed by atoms with Gasteiger partial charge in [0.25, 0.3) is 5.56 Å². The predicted molar refractivity (Wildman–Crippen MR) is 53.1 cm³/mol. The molecule has 0 saturated heterocycles. The smallest absolute Gasteiger partial charge is 0.276 e. The van der Waals surface area contributed by atoms with E-state index in [1.807, 2.05) is 20.8 Å². The zero-order valence-electron chi connectivity index (χ0n) is 8.51. The highest BCUT2D eigenvalue weighted by atomic mass is 16.1.